The molecule has 158 valence electrons. The van der Waals surface area contributed by atoms with E-state index >= 15 is 0 Å². The maximum atomic E-state index is 13.3. The van der Waals surface area contributed by atoms with E-state index in [-0.39, 0.29) is 11.0 Å². The van der Waals surface area contributed by atoms with Crippen LogP contribution >= 0.6 is 23.2 Å². The molecule has 3 aliphatic rings. The van der Waals surface area contributed by atoms with Gasteiger partial charge in [-0.2, -0.15) is 0 Å². The van der Waals surface area contributed by atoms with Gasteiger partial charge in [0, 0.05) is 31.7 Å². The quantitative estimate of drug-likeness (QED) is 0.766. The molecule has 30 heavy (non-hydrogen) atoms. The van der Waals surface area contributed by atoms with Crippen molar-refractivity contribution in [2.75, 3.05) is 18.0 Å². The summed E-state index contributed by atoms with van der Waals surface area (Å²) in [6.07, 6.45) is 5.68. The molecule has 3 heterocycles. The zero-order valence-electron chi connectivity index (χ0n) is 17.0. The standard InChI is InChI=1S/C22H25Cl2N5O/c1-28-20(30)17-15(12-26-19(17)13-4-2-5-14(23)18(13)24)27-21(28)29-10-8-22(9-11-29)7-3-6-16(22)25/h2,4-5,16H,3,6-12,25H2,1H3/t16-/m1/s1. The Morgan fingerprint density at radius 3 is 2.67 bits per heavy atom. The number of nitrogens with zero attached hydrogens (tertiary/aromatic N) is 4. The van der Waals surface area contributed by atoms with Gasteiger partial charge in [0.1, 0.15) is 0 Å². The van der Waals surface area contributed by atoms with Gasteiger partial charge in [0.15, 0.2) is 0 Å². The Morgan fingerprint density at radius 2 is 1.97 bits per heavy atom. The Bertz CT molecular complexity index is 1100. The molecule has 0 radical (unpaired) electrons. The van der Waals surface area contributed by atoms with Crippen LogP contribution in [0.25, 0.3) is 0 Å². The molecule has 0 amide bonds. The molecular formula is C22H25Cl2N5O. The lowest BCUT2D eigenvalue weighted by Gasteiger charge is -2.42. The predicted molar refractivity (Wildman–Crippen MR) is 121 cm³/mol. The number of nitrogens with two attached hydrogens (primary N) is 1. The molecule has 1 aromatic heterocycles. The molecule has 1 aliphatic carbocycles. The highest BCUT2D eigenvalue weighted by Crippen LogP contribution is 2.45. The molecule has 1 saturated carbocycles. The fourth-order valence-corrected chi connectivity index (χ4v) is 5.74. The second-order valence-corrected chi connectivity index (χ2v) is 9.50. The highest BCUT2D eigenvalue weighted by molar-refractivity contribution is 6.44. The molecule has 1 aromatic carbocycles. The summed E-state index contributed by atoms with van der Waals surface area (Å²) in [6.45, 7) is 2.13. The lowest BCUT2D eigenvalue weighted by atomic mass is 9.74. The maximum absolute atomic E-state index is 13.3. The van der Waals surface area contributed by atoms with Gasteiger partial charge in [0.25, 0.3) is 5.56 Å². The summed E-state index contributed by atoms with van der Waals surface area (Å²) in [5.74, 6) is 0.716. The van der Waals surface area contributed by atoms with Crippen molar-refractivity contribution < 1.29 is 0 Å². The van der Waals surface area contributed by atoms with Crippen LogP contribution in [-0.4, -0.2) is 34.4 Å². The van der Waals surface area contributed by atoms with Crippen molar-refractivity contribution in [3.05, 3.63) is 55.4 Å². The van der Waals surface area contributed by atoms with E-state index in [1.165, 1.54) is 12.8 Å². The summed E-state index contributed by atoms with van der Waals surface area (Å²) >= 11 is 12.6. The van der Waals surface area contributed by atoms with E-state index in [9.17, 15) is 4.79 Å². The van der Waals surface area contributed by atoms with Crippen LogP contribution in [0.2, 0.25) is 10.0 Å². The van der Waals surface area contributed by atoms with Gasteiger partial charge >= 0.3 is 0 Å². The van der Waals surface area contributed by atoms with E-state index in [0.717, 1.165) is 32.4 Å². The Balaban J connectivity index is 1.47. The Kier molecular flexibility index (Phi) is 4.92. The van der Waals surface area contributed by atoms with Crippen molar-refractivity contribution in [2.45, 2.75) is 44.7 Å². The monoisotopic (exact) mass is 445 g/mol. The molecule has 8 heteroatoms. The van der Waals surface area contributed by atoms with Crippen molar-refractivity contribution in [3.8, 4) is 0 Å². The summed E-state index contributed by atoms with van der Waals surface area (Å²) in [5, 5.41) is 0.852. The first kappa shape index (κ1) is 20.0. The van der Waals surface area contributed by atoms with E-state index in [1.54, 1.807) is 17.7 Å². The first-order valence-corrected chi connectivity index (χ1v) is 11.3. The Labute approximate surface area is 185 Å². The molecule has 0 unspecified atom stereocenters. The second-order valence-electron chi connectivity index (χ2n) is 8.71. The van der Waals surface area contributed by atoms with Crippen molar-refractivity contribution in [1.29, 1.82) is 0 Å². The summed E-state index contributed by atoms with van der Waals surface area (Å²) in [4.78, 5) is 25.0. The molecule has 2 aliphatic heterocycles. The third kappa shape index (κ3) is 3.00. The summed E-state index contributed by atoms with van der Waals surface area (Å²) < 4.78 is 1.64. The van der Waals surface area contributed by atoms with Gasteiger partial charge in [-0.1, -0.05) is 41.8 Å². The molecule has 2 aromatic rings. The van der Waals surface area contributed by atoms with Crippen LogP contribution in [-0.2, 0) is 13.6 Å². The molecule has 6 nitrogen and oxygen atoms in total. The highest BCUT2D eigenvalue weighted by Gasteiger charge is 2.43. The van der Waals surface area contributed by atoms with Crippen LogP contribution < -0.4 is 16.2 Å². The molecule has 1 atom stereocenters. The minimum atomic E-state index is -0.0971. The first-order valence-electron chi connectivity index (χ1n) is 10.5. The SMILES string of the molecule is Cn1c(N2CCC3(CCC[C@H]3N)CC2)nc2c(c1=O)C(c1cccc(Cl)c1Cl)=NC2. The lowest BCUT2D eigenvalue weighted by Crippen LogP contribution is -2.48. The third-order valence-corrected chi connectivity index (χ3v) is 8.01. The average Bonchev–Trinajstić information content (AvgIpc) is 3.32. The maximum Gasteiger partial charge on any atom is 0.264 e. The molecule has 2 N–H and O–H groups in total. The number of aliphatic imine (C=N–C) groups is 1. The fourth-order valence-electron chi connectivity index (χ4n) is 5.35. The summed E-state index contributed by atoms with van der Waals surface area (Å²) in [7, 11) is 1.78. The topological polar surface area (TPSA) is 76.5 Å². The predicted octanol–water partition coefficient (Wildman–Crippen LogP) is 3.54. The zero-order chi connectivity index (χ0) is 21.0. The first-order chi connectivity index (χ1) is 14.4. The number of piperidine rings is 1. The molecule has 2 fully saturated rings. The van der Waals surface area contributed by atoms with E-state index in [4.69, 9.17) is 33.9 Å². The largest absolute Gasteiger partial charge is 0.342 e. The van der Waals surface area contributed by atoms with Crippen molar-refractivity contribution >= 4 is 34.9 Å². The lowest BCUT2D eigenvalue weighted by molar-refractivity contribution is 0.196. The number of aromatic nitrogens is 2. The van der Waals surface area contributed by atoms with Gasteiger partial charge in [-0.3, -0.25) is 14.4 Å². The van der Waals surface area contributed by atoms with Crippen LogP contribution in [0.15, 0.2) is 28.0 Å². The molecular weight excluding hydrogens is 421 g/mol. The normalized spacial score (nSPS) is 22.5. The third-order valence-electron chi connectivity index (χ3n) is 7.19. The number of benzene rings is 1. The summed E-state index contributed by atoms with van der Waals surface area (Å²) in [6, 6.07) is 5.68. The van der Waals surface area contributed by atoms with E-state index in [1.807, 2.05) is 12.1 Å². The van der Waals surface area contributed by atoms with Gasteiger partial charge in [0.05, 0.1) is 33.6 Å². The van der Waals surface area contributed by atoms with Crippen LogP contribution in [0.4, 0.5) is 5.95 Å². The van der Waals surface area contributed by atoms with Gasteiger partial charge in [-0.25, -0.2) is 4.98 Å². The minimum absolute atomic E-state index is 0.0971. The molecule has 5 rings (SSSR count). The number of rotatable bonds is 2. The second kappa shape index (κ2) is 7.36. The fraction of sp³-hybridized carbons (Fsp3) is 0.500. The van der Waals surface area contributed by atoms with Crippen LogP contribution in [0, 0.1) is 5.41 Å². The highest BCUT2D eigenvalue weighted by atomic mass is 35.5. The molecule has 1 saturated heterocycles. The van der Waals surface area contributed by atoms with E-state index in [0.29, 0.717) is 51.1 Å². The van der Waals surface area contributed by atoms with Gasteiger partial charge < -0.3 is 10.6 Å². The number of hydrogen-bond donors (Lipinski definition) is 1. The van der Waals surface area contributed by atoms with Crippen molar-refractivity contribution in [1.82, 2.24) is 9.55 Å². The van der Waals surface area contributed by atoms with E-state index < -0.39 is 0 Å². The number of halogens is 2. The number of hydrogen-bond acceptors (Lipinski definition) is 5. The van der Waals surface area contributed by atoms with Crippen molar-refractivity contribution in [2.24, 2.45) is 23.2 Å². The number of fused-ring (bicyclic) bond motifs is 1. The molecule has 0 bridgehead atoms. The Morgan fingerprint density at radius 1 is 1.20 bits per heavy atom. The van der Waals surface area contributed by atoms with Crippen LogP contribution in [0.1, 0.15) is 48.9 Å². The summed E-state index contributed by atoms with van der Waals surface area (Å²) in [5.41, 5.74) is 9.07. The smallest absolute Gasteiger partial charge is 0.264 e. The average molecular weight is 446 g/mol. The van der Waals surface area contributed by atoms with E-state index in [2.05, 4.69) is 9.89 Å². The number of anilines is 1. The Hall–Kier alpha value is -1.89. The van der Waals surface area contributed by atoms with Crippen molar-refractivity contribution in [3.63, 3.8) is 0 Å². The van der Waals surface area contributed by atoms with Crippen LogP contribution in [0.5, 0.6) is 0 Å². The van der Waals surface area contributed by atoms with Gasteiger partial charge in [0.2, 0.25) is 5.95 Å². The molecule has 1 spiro atoms. The van der Waals surface area contributed by atoms with Gasteiger partial charge in [-0.15, -0.1) is 0 Å². The zero-order valence-corrected chi connectivity index (χ0v) is 18.5. The van der Waals surface area contributed by atoms with Gasteiger partial charge in [-0.05, 0) is 37.2 Å². The minimum Gasteiger partial charge on any atom is -0.342 e. The van der Waals surface area contributed by atoms with Crippen LogP contribution in [0.3, 0.4) is 0 Å².